The summed E-state index contributed by atoms with van der Waals surface area (Å²) < 4.78 is 25.1. The van der Waals surface area contributed by atoms with Gasteiger partial charge >= 0.3 is 0 Å². The molecular formula is C17H18N4O3S. The van der Waals surface area contributed by atoms with Crippen molar-refractivity contribution in [2.75, 3.05) is 11.0 Å². The number of rotatable bonds is 5. The van der Waals surface area contributed by atoms with Crippen LogP contribution in [0.3, 0.4) is 0 Å². The van der Waals surface area contributed by atoms with Crippen molar-refractivity contribution >= 4 is 32.5 Å². The molecule has 0 saturated carbocycles. The Morgan fingerprint density at radius 3 is 2.72 bits per heavy atom. The predicted molar refractivity (Wildman–Crippen MR) is 96.9 cm³/mol. The SMILES string of the molecule is C[C@@H](NC(=O)c1cccc2cn[nH]c12)c1cccc(NS(C)(=O)=O)c1. The summed E-state index contributed by atoms with van der Waals surface area (Å²) in [4.78, 5) is 12.6. The molecule has 3 aromatic rings. The summed E-state index contributed by atoms with van der Waals surface area (Å²) in [7, 11) is -3.35. The van der Waals surface area contributed by atoms with Crippen LogP contribution in [0.15, 0.2) is 48.7 Å². The average Bonchev–Trinajstić information content (AvgIpc) is 3.01. The Labute approximate surface area is 145 Å². The summed E-state index contributed by atoms with van der Waals surface area (Å²) in [5.74, 6) is -0.233. The number of benzene rings is 2. The Morgan fingerprint density at radius 1 is 1.20 bits per heavy atom. The molecule has 130 valence electrons. The van der Waals surface area contributed by atoms with Crippen LogP contribution in [-0.4, -0.2) is 30.8 Å². The number of hydrogen-bond donors (Lipinski definition) is 3. The molecule has 0 saturated heterocycles. The highest BCUT2D eigenvalue weighted by atomic mass is 32.2. The number of nitrogens with zero attached hydrogens (tertiary/aromatic N) is 1. The minimum atomic E-state index is -3.35. The first kappa shape index (κ1) is 17.0. The lowest BCUT2D eigenvalue weighted by molar-refractivity contribution is 0.0941. The average molecular weight is 358 g/mol. The molecule has 0 aliphatic heterocycles. The number of anilines is 1. The van der Waals surface area contributed by atoms with Crippen LogP contribution in [0, 0.1) is 0 Å². The third-order valence-electron chi connectivity index (χ3n) is 3.76. The number of H-pyrrole nitrogens is 1. The van der Waals surface area contributed by atoms with Gasteiger partial charge in [-0.1, -0.05) is 24.3 Å². The first-order valence-electron chi connectivity index (χ1n) is 7.64. The normalized spacial score (nSPS) is 12.7. The van der Waals surface area contributed by atoms with Gasteiger partial charge in [0.05, 0.1) is 29.6 Å². The largest absolute Gasteiger partial charge is 0.345 e. The van der Waals surface area contributed by atoms with Crippen molar-refractivity contribution in [3.63, 3.8) is 0 Å². The van der Waals surface area contributed by atoms with Gasteiger partial charge < -0.3 is 5.32 Å². The molecular weight excluding hydrogens is 340 g/mol. The van der Waals surface area contributed by atoms with Crippen molar-refractivity contribution in [2.24, 2.45) is 0 Å². The van der Waals surface area contributed by atoms with Crippen molar-refractivity contribution in [2.45, 2.75) is 13.0 Å². The summed E-state index contributed by atoms with van der Waals surface area (Å²) in [6, 6.07) is 12.0. The van der Waals surface area contributed by atoms with Gasteiger partial charge in [0.25, 0.3) is 5.91 Å². The maximum absolute atomic E-state index is 12.6. The van der Waals surface area contributed by atoms with Gasteiger partial charge in [-0.3, -0.25) is 14.6 Å². The molecule has 1 atom stereocenters. The van der Waals surface area contributed by atoms with Crippen LogP contribution in [0.25, 0.3) is 10.9 Å². The molecule has 1 aromatic heterocycles. The Morgan fingerprint density at radius 2 is 1.96 bits per heavy atom. The molecule has 0 radical (unpaired) electrons. The fourth-order valence-electron chi connectivity index (χ4n) is 2.60. The zero-order chi connectivity index (χ0) is 18.0. The van der Waals surface area contributed by atoms with E-state index in [0.29, 0.717) is 16.8 Å². The maximum Gasteiger partial charge on any atom is 0.253 e. The molecule has 3 rings (SSSR count). The van der Waals surface area contributed by atoms with E-state index in [2.05, 4.69) is 20.2 Å². The summed E-state index contributed by atoms with van der Waals surface area (Å²) in [6.45, 7) is 1.84. The topological polar surface area (TPSA) is 104 Å². The zero-order valence-corrected chi connectivity index (χ0v) is 14.6. The Balaban J connectivity index is 1.80. The lowest BCUT2D eigenvalue weighted by atomic mass is 10.1. The lowest BCUT2D eigenvalue weighted by Gasteiger charge is -2.16. The van der Waals surface area contributed by atoms with Gasteiger partial charge in [0.15, 0.2) is 0 Å². The summed E-state index contributed by atoms with van der Waals surface area (Å²) in [5, 5.41) is 10.6. The number of carbonyl (C=O) groups is 1. The van der Waals surface area contributed by atoms with Crippen LogP contribution >= 0.6 is 0 Å². The van der Waals surface area contributed by atoms with E-state index in [9.17, 15) is 13.2 Å². The third kappa shape index (κ3) is 3.97. The molecule has 1 heterocycles. The van der Waals surface area contributed by atoms with E-state index in [0.717, 1.165) is 17.2 Å². The molecule has 1 amide bonds. The fourth-order valence-corrected chi connectivity index (χ4v) is 3.16. The summed E-state index contributed by atoms with van der Waals surface area (Å²) in [5.41, 5.74) is 2.43. The maximum atomic E-state index is 12.6. The number of amides is 1. The highest BCUT2D eigenvalue weighted by Gasteiger charge is 2.15. The molecule has 8 heteroatoms. The van der Waals surface area contributed by atoms with Crippen LogP contribution in [0.2, 0.25) is 0 Å². The standard InChI is InChI=1S/C17H18N4O3S/c1-11(12-5-3-7-14(9-12)21-25(2,23)24)19-17(22)15-8-4-6-13-10-18-20-16(13)15/h3-11,21H,1-2H3,(H,18,20)(H,19,22)/t11-/m1/s1. The first-order valence-corrected chi connectivity index (χ1v) is 9.53. The van der Waals surface area contributed by atoms with Crippen molar-refractivity contribution < 1.29 is 13.2 Å². The molecule has 0 unspecified atom stereocenters. The highest BCUT2D eigenvalue weighted by Crippen LogP contribution is 2.20. The van der Waals surface area contributed by atoms with E-state index in [4.69, 9.17) is 0 Å². The molecule has 0 spiro atoms. The molecule has 0 aliphatic carbocycles. The molecule has 0 fully saturated rings. The first-order chi connectivity index (χ1) is 11.8. The van der Waals surface area contributed by atoms with Crippen LogP contribution in [0.4, 0.5) is 5.69 Å². The number of fused-ring (bicyclic) bond motifs is 1. The van der Waals surface area contributed by atoms with Gasteiger partial charge in [-0.25, -0.2) is 8.42 Å². The van der Waals surface area contributed by atoms with Gasteiger partial charge in [-0.2, -0.15) is 5.10 Å². The smallest absolute Gasteiger partial charge is 0.253 e. The van der Waals surface area contributed by atoms with Gasteiger partial charge in [0, 0.05) is 11.1 Å². The van der Waals surface area contributed by atoms with E-state index in [1.807, 2.05) is 19.1 Å². The lowest BCUT2D eigenvalue weighted by Crippen LogP contribution is -2.27. The molecule has 0 aliphatic rings. The van der Waals surface area contributed by atoms with E-state index in [1.165, 1.54) is 0 Å². The molecule has 25 heavy (non-hydrogen) atoms. The van der Waals surface area contributed by atoms with Crippen LogP contribution in [0.1, 0.15) is 28.9 Å². The number of carbonyl (C=O) groups excluding carboxylic acids is 1. The van der Waals surface area contributed by atoms with Crippen molar-refractivity contribution in [1.82, 2.24) is 15.5 Å². The molecule has 0 bridgehead atoms. The van der Waals surface area contributed by atoms with E-state index in [-0.39, 0.29) is 11.9 Å². The Kier molecular flexibility index (Phi) is 4.45. The third-order valence-corrected chi connectivity index (χ3v) is 4.37. The Hall–Kier alpha value is -2.87. The number of aromatic nitrogens is 2. The second-order valence-electron chi connectivity index (χ2n) is 5.83. The van der Waals surface area contributed by atoms with Gasteiger partial charge in [0.2, 0.25) is 10.0 Å². The van der Waals surface area contributed by atoms with Gasteiger partial charge in [-0.05, 0) is 30.7 Å². The quantitative estimate of drug-likeness (QED) is 0.651. The second kappa shape index (κ2) is 6.56. The van der Waals surface area contributed by atoms with Crippen LogP contribution < -0.4 is 10.0 Å². The van der Waals surface area contributed by atoms with Crippen molar-refractivity contribution in [1.29, 1.82) is 0 Å². The number of sulfonamides is 1. The van der Waals surface area contributed by atoms with Gasteiger partial charge in [0.1, 0.15) is 0 Å². The number of nitrogens with one attached hydrogen (secondary N) is 3. The Bertz CT molecular complexity index is 1030. The van der Waals surface area contributed by atoms with Crippen LogP contribution in [-0.2, 0) is 10.0 Å². The summed E-state index contributed by atoms with van der Waals surface area (Å²) >= 11 is 0. The molecule has 2 aromatic carbocycles. The minimum Gasteiger partial charge on any atom is -0.345 e. The van der Waals surface area contributed by atoms with Crippen molar-refractivity contribution in [3.05, 3.63) is 59.8 Å². The minimum absolute atomic E-state index is 0.233. The van der Waals surface area contributed by atoms with E-state index >= 15 is 0 Å². The van der Waals surface area contributed by atoms with Crippen LogP contribution in [0.5, 0.6) is 0 Å². The monoisotopic (exact) mass is 358 g/mol. The van der Waals surface area contributed by atoms with Crippen molar-refractivity contribution in [3.8, 4) is 0 Å². The number of para-hydroxylation sites is 1. The van der Waals surface area contributed by atoms with Gasteiger partial charge in [-0.15, -0.1) is 0 Å². The fraction of sp³-hybridized carbons (Fsp3) is 0.176. The zero-order valence-electron chi connectivity index (χ0n) is 13.8. The van der Waals surface area contributed by atoms with E-state index < -0.39 is 10.0 Å². The number of hydrogen-bond acceptors (Lipinski definition) is 4. The number of aromatic amines is 1. The van der Waals surface area contributed by atoms with E-state index in [1.54, 1.807) is 36.5 Å². The molecule has 3 N–H and O–H groups in total. The predicted octanol–water partition coefficient (Wildman–Crippen LogP) is 2.43. The molecule has 7 nitrogen and oxygen atoms in total. The highest BCUT2D eigenvalue weighted by molar-refractivity contribution is 7.92. The summed E-state index contributed by atoms with van der Waals surface area (Å²) in [6.07, 6.45) is 2.76. The second-order valence-corrected chi connectivity index (χ2v) is 7.58.